The Balaban J connectivity index is 4.48. The van der Waals surface area contributed by atoms with Gasteiger partial charge < -0.3 is 21.5 Å². The van der Waals surface area contributed by atoms with Crippen molar-refractivity contribution < 1.29 is 19.5 Å². The van der Waals surface area contributed by atoms with Gasteiger partial charge in [0, 0.05) is 0 Å². The van der Waals surface area contributed by atoms with Gasteiger partial charge in [0.1, 0.15) is 6.04 Å². The zero-order chi connectivity index (χ0) is 14.3. The molecule has 0 aliphatic rings. The van der Waals surface area contributed by atoms with E-state index in [9.17, 15) is 14.4 Å². The van der Waals surface area contributed by atoms with Crippen LogP contribution < -0.4 is 16.4 Å². The van der Waals surface area contributed by atoms with Gasteiger partial charge in [-0.1, -0.05) is 19.8 Å². The molecule has 3 amide bonds. The number of carboxylic acid groups (broad SMARTS) is 1. The number of urea groups is 1. The maximum atomic E-state index is 11.5. The Morgan fingerprint density at radius 1 is 1.33 bits per heavy atom. The van der Waals surface area contributed by atoms with Gasteiger partial charge in [0.05, 0.1) is 12.5 Å². The Morgan fingerprint density at radius 3 is 2.22 bits per heavy atom. The molecule has 0 rings (SSSR count). The number of hydrogen-bond acceptors (Lipinski definition) is 3. The molecule has 2 atom stereocenters. The van der Waals surface area contributed by atoms with Crippen LogP contribution in [0.5, 0.6) is 0 Å². The molecule has 0 aromatic heterocycles. The number of rotatable bonds is 6. The number of nitrogens with one attached hydrogen (secondary N) is 2. The normalized spacial score (nSPS) is 13.2. The summed E-state index contributed by atoms with van der Waals surface area (Å²) < 4.78 is 0. The van der Waals surface area contributed by atoms with Crippen molar-refractivity contribution in [3.8, 4) is 12.3 Å². The standard InChI is InChI=1S/C11H17N3O4/c1-4-7(6(2)3)13-11(18)14-8(10(16)17)5-9(12)15/h1,6-8H,5H2,2-3H3,(H2,12,15)(H,16,17)(H2,13,14,18)/t7?,8-/m1/s1. The lowest BCUT2D eigenvalue weighted by molar-refractivity contribution is -0.140. The molecule has 18 heavy (non-hydrogen) atoms. The second kappa shape index (κ2) is 7.17. The summed E-state index contributed by atoms with van der Waals surface area (Å²) >= 11 is 0. The van der Waals surface area contributed by atoms with Crippen molar-refractivity contribution in [1.82, 2.24) is 10.6 Å². The van der Waals surface area contributed by atoms with E-state index in [0.717, 1.165) is 0 Å². The topological polar surface area (TPSA) is 122 Å². The van der Waals surface area contributed by atoms with Crippen LogP contribution in [0.2, 0.25) is 0 Å². The Labute approximate surface area is 105 Å². The minimum Gasteiger partial charge on any atom is -0.480 e. The summed E-state index contributed by atoms with van der Waals surface area (Å²) in [6, 6.07) is -2.64. The average Bonchev–Trinajstić information content (AvgIpc) is 2.23. The highest BCUT2D eigenvalue weighted by molar-refractivity contribution is 5.87. The second-order valence-corrected chi connectivity index (χ2v) is 4.07. The Kier molecular flexibility index (Phi) is 6.28. The first-order valence-corrected chi connectivity index (χ1v) is 5.32. The molecule has 7 nitrogen and oxygen atoms in total. The van der Waals surface area contributed by atoms with Gasteiger partial charge in [-0.15, -0.1) is 6.42 Å². The number of hydrogen-bond donors (Lipinski definition) is 4. The molecule has 0 saturated heterocycles. The van der Waals surface area contributed by atoms with Crippen molar-refractivity contribution in [3.63, 3.8) is 0 Å². The summed E-state index contributed by atoms with van der Waals surface area (Å²) in [5.41, 5.74) is 4.88. The van der Waals surface area contributed by atoms with E-state index in [4.69, 9.17) is 17.3 Å². The van der Waals surface area contributed by atoms with Crippen molar-refractivity contribution in [3.05, 3.63) is 0 Å². The molecular formula is C11H17N3O4. The van der Waals surface area contributed by atoms with Crippen molar-refractivity contribution >= 4 is 17.9 Å². The maximum Gasteiger partial charge on any atom is 0.326 e. The van der Waals surface area contributed by atoms with Crippen LogP contribution in [-0.4, -0.2) is 35.1 Å². The number of primary amides is 1. The predicted octanol–water partition coefficient (Wildman–Crippen LogP) is -0.728. The minimum atomic E-state index is -1.37. The Bertz CT molecular complexity index is 373. The van der Waals surface area contributed by atoms with E-state index in [0.29, 0.717) is 0 Å². The fourth-order valence-electron chi connectivity index (χ4n) is 1.14. The zero-order valence-corrected chi connectivity index (χ0v) is 10.3. The van der Waals surface area contributed by atoms with Gasteiger partial charge in [-0.25, -0.2) is 9.59 Å². The Morgan fingerprint density at radius 2 is 1.89 bits per heavy atom. The van der Waals surface area contributed by atoms with Gasteiger partial charge in [0.15, 0.2) is 0 Å². The third-order valence-electron chi connectivity index (χ3n) is 2.14. The minimum absolute atomic E-state index is 0.000156. The van der Waals surface area contributed by atoms with Gasteiger partial charge in [0.2, 0.25) is 5.91 Å². The molecular weight excluding hydrogens is 238 g/mol. The number of nitrogens with two attached hydrogens (primary N) is 1. The highest BCUT2D eigenvalue weighted by Crippen LogP contribution is 2.00. The quantitative estimate of drug-likeness (QED) is 0.467. The van der Waals surface area contributed by atoms with E-state index < -0.39 is 36.4 Å². The van der Waals surface area contributed by atoms with E-state index in [2.05, 4.69) is 16.6 Å². The summed E-state index contributed by atoms with van der Waals surface area (Å²) in [4.78, 5) is 32.9. The van der Waals surface area contributed by atoms with E-state index in [1.54, 1.807) is 0 Å². The first-order valence-electron chi connectivity index (χ1n) is 5.32. The lowest BCUT2D eigenvalue weighted by atomic mass is 10.1. The molecule has 0 fully saturated rings. The van der Waals surface area contributed by atoms with E-state index in [1.807, 2.05) is 13.8 Å². The number of carbonyl (C=O) groups is 3. The third kappa shape index (κ3) is 5.75. The fraction of sp³-hybridized carbons (Fsp3) is 0.545. The Hall–Kier alpha value is -2.23. The summed E-state index contributed by atoms with van der Waals surface area (Å²) in [5, 5.41) is 13.3. The van der Waals surface area contributed by atoms with E-state index in [1.165, 1.54) is 0 Å². The highest BCUT2D eigenvalue weighted by Gasteiger charge is 2.23. The smallest absolute Gasteiger partial charge is 0.326 e. The maximum absolute atomic E-state index is 11.5. The molecule has 5 N–H and O–H groups in total. The molecule has 0 aromatic rings. The number of carbonyl (C=O) groups excluding carboxylic acids is 2. The van der Waals surface area contributed by atoms with Crippen LogP contribution >= 0.6 is 0 Å². The third-order valence-corrected chi connectivity index (χ3v) is 2.14. The van der Waals surface area contributed by atoms with Crippen LogP contribution in [0.3, 0.4) is 0 Å². The molecule has 7 heteroatoms. The van der Waals surface area contributed by atoms with E-state index in [-0.39, 0.29) is 5.92 Å². The summed E-state index contributed by atoms with van der Waals surface area (Å²) in [5.74, 6) is 0.204. The lowest BCUT2D eigenvalue weighted by Crippen LogP contribution is -2.50. The van der Waals surface area contributed by atoms with Crippen LogP contribution in [-0.2, 0) is 9.59 Å². The summed E-state index contributed by atoms with van der Waals surface area (Å²) in [6.07, 6.45) is 4.73. The van der Waals surface area contributed by atoms with Crippen LogP contribution in [0.25, 0.3) is 0 Å². The monoisotopic (exact) mass is 255 g/mol. The lowest BCUT2D eigenvalue weighted by Gasteiger charge is -2.19. The average molecular weight is 255 g/mol. The van der Waals surface area contributed by atoms with Gasteiger partial charge in [-0.05, 0) is 5.92 Å². The van der Waals surface area contributed by atoms with Crippen molar-refractivity contribution in [2.24, 2.45) is 11.7 Å². The molecule has 0 saturated carbocycles. The molecule has 0 aromatic carbocycles. The van der Waals surface area contributed by atoms with E-state index >= 15 is 0 Å². The van der Waals surface area contributed by atoms with Crippen molar-refractivity contribution in [1.29, 1.82) is 0 Å². The van der Waals surface area contributed by atoms with Crippen LogP contribution in [0.15, 0.2) is 0 Å². The molecule has 0 bridgehead atoms. The second-order valence-electron chi connectivity index (χ2n) is 4.07. The molecule has 0 heterocycles. The SMILES string of the molecule is C#CC(NC(=O)N[C@H](CC(N)=O)C(=O)O)C(C)C. The molecule has 0 aliphatic heterocycles. The molecule has 0 spiro atoms. The number of amides is 3. The molecule has 0 aliphatic carbocycles. The first kappa shape index (κ1) is 15.8. The highest BCUT2D eigenvalue weighted by atomic mass is 16.4. The number of carboxylic acids is 1. The van der Waals surface area contributed by atoms with Crippen LogP contribution in [0.4, 0.5) is 4.79 Å². The first-order chi connectivity index (χ1) is 8.27. The predicted molar refractivity (Wildman–Crippen MR) is 64.4 cm³/mol. The molecule has 100 valence electrons. The van der Waals surface area contributed by atoms with Gasteiger partial charge in [-0.2, -0.15) is 0 Å². The summed E-state index contributed by atoms with van der Waals surface area (Å²) in [6.45, 7) is 3.62. The van der Waals surface area contributed by atoms with Crippen molar-refractivity contribution in [2.75, 3.05) is 0 Å². The van der Waals surface area contributed by atoms with Crippen LogP contribution in [0.1, 0.15) is 20.3 Å². The molecule has 0 radical (unpaired) electrons. The zero-order valence-electron chi connectivity index (χ0n) is 10.3. The number of terminal acetylenes is 1. The van der Waals surface area contributed by atoms with Gasteiger partial charge in [-0.3, -0.25) is 4.79 Å². The van der Waals surface area contributed by atoms with Crippen LogP contribution in [0, 0.1) is 18.3 Å². The van der Waals surface area contributed by atoms with Gasteiger partial charge >= 0.3 is 12.0 Å². The van der Waals surface area contributed by atoms with Gasteiger partial charge in [0.25, 0.3) is 0 Å². The number of aliphatic carboxylic acids is 1. The van der Waals surface area contributed by atoms with Crippen molar-refractivity contribution in [2.45, 2.75) is 32.4 Å². The largest absolute Gasteiger partial charge is 0.480 e. The summed E-state index contributed by atoms with van der Waals surface area (Å²) in [7, 11) is 0. The molecule has 1 unspecified atom stereocenters. The fourth-order valence-corrected chi connectivity index (χ4v) is 1.14.